The highest BCUT2D eigenvalue weighted by Crippen LogP contribution is 2.27. The number of anilines is 1. The molecular formula is C15H13F4NS. The topological polar surface area (TPSA) is 12.0 Å². The van der Waals surface area contributed by atoms with Gasteiger partial charge in [0.15, 0.2) is 11.6 Å². The van der Waals surface area contributed by atoms with Crippen molar-refractivity contribution in [3.63, 3.8) is 0 Å². The molecule has 0 amide bonds. The van der Waals surface area contributed by atoms with Gasteiger partial charge in [0.1, 0.15) is 0 Å². The molecule has 6 heteroatoms. The van der Waals surface area contributed by atoms with Crippen LogP contribution in [0.5, 0.6) is 0 Å². The Bertz CT molecular complexity index is 601. The third kappa shape index (κ3) is 4.39. The van der Waals surface area contributed by atoms with Crippen molar-refractivity contribution < 1.29 is 17.6 Å². The Morgan fingerprint density at radius 2 is 1.62 bits per heavy atom. The van der Waals surface area contributed by atoms with E-state index in [1.165, 1.54) is 6.07 Å². The third-order valence-electron chi connectivity index (χ3n) is 2.91. The molecular weight excluding hydrogens is 302 g/mol. The summed E-state index contributed by atoms with van der Waals surface area (Å²) in [4.78, 5) is 0.469. The van der Waals surface area contributed by atoms with Gasteiger partial charge in [0.05, 0.1) is 0 Å². The minimum absolute atomic E-state index is 0.242. The molecule has 0 radical (unpaired) electrons. The Labute approximate surface area is 124 Å². The number of halogens is 4. The smallest absolute Gasteiger partial charge is 0.288 e. The van der Waals surface area contributed by atoms with Gasteiger partial charge in [-0.3, -0.25) is 0 Å². The van der Waals surface area contributed by atoms with E-state index in [1.54, 1.807) is 31.2 Å². The number of thioether (sulfide) groups is 1. The van der Waals surface area contributed by atoms with E-state index in [0.29, 0.717) is 27.9 Å². The van der Waals surface area contributed by atoms with E-state index in [9.17, 15) is 17.6 Å². The normalized spacial score (nSPS) is 12.5. The summed E-state index contributed by atoms with van der Waals surface area (Å²) in [5.74, 6) is -4.24. The second-order valence-corrected chi connectivity index (χ2v) is 5.51. The van der Waals surface area contributed by atoms with E-state index < -0.39 is 17.4 Å². The van der Waals surface area contributed by atoms with Crippen molar-refractivity contribution in [2.75, 3.05) is 5.32 Å². The maximum absolute atomic E-state index is 13.2. The molecule has 0 heterocycles. The predicted octanol–water partition coefficient (Wildman–Crippen LogP) is 5.45. The lowest BCUT2D eigenvalue weighted by molar-refractivity contribution is 0.252. The SMILES string of the molecule is CC(Nc1ccc(SC(F)F)cc1)c1ccc(F)c(F)c1. The van der Waals surface area contributed by atoms with E-state index >= 15 is 0 Å². The van der Waals surface area contributed by atoms with Crippen LogP contribution in [-0.4, -0.2) is 5.76 Å². The van der Waals surface area contributed by atoms with Crippen molar-refractivity contribution in [3.8, 4) is 0 Å². The van der Waals surface area contributed by atoms with Crippen molar-refractivity contribution >= 4 is 17.4 Å². The van der Waals surface area contributed by atoms with Gasteiger partial charge in [0.25, 0.3) is 5.76 Å². The summed E-state index contributed by atoms with van der Waals surface area (Å²) in [5, 5.41) is 3.10. The van der Waals surface area contributed by atoms with Crippen LogP contribution in [0.15, 0.2) is 47.4 Å². The van der Waals surface area contributed by atoms with Crippen LogP contribution in [0.25, 0.3) is 0 Å². The molecule has 1 N–H and O–H groups in total. The summed E-state index contributed by atoms with van der Waals surface area (Å²) in [5.41, 5.74) is 1.31. The first kappa shape index (κ1) is 15.7. The molecule has 0 saturated carbocycles. The average molecular weight is 315 g/mol. The highest BCUT2D eigenvalue weighted by atomic mass is 32.2. The molecule has 0 aliphatic heterocycles. The highest BCUT2D eigenvalue weighted by molar-refractivity contribution is 7.99. The lowest BCUT2D eigenvalue weighted by atomic mass is 10.1. The third-order valence-corrected chi connectivity index (χ3v) is 3.63. The van der Waals surface area contributed by atoms with Gasteiger partial charge >= 0.3 is 0 Å². The molecule has 2 aromatic carbocycles. The van der Waals surface area contributed by atoms with Gasteiger partial charge in [-0.1, -0.05) is 17.8 Å². The number of nitrogens with one attached hydrogen (secondary N) is 1. The quantitative estimate of drug-likeness (QED) is 0.581. The van der Waals surface area contributed by atoms with Gasteiger partial charge < -0.3 is 5.32 Å². The highest BCUT2D eigenvalue weighted by Gasteiger charge is 2.10. The Morgan fingerprint density at radius 3 is 2.19 bits per heavy atom. The van der Waals surface area contributed by atoms with Crippen molar-refractivity contribution in [2.24, 2.45) is 0 Å². The summed E-state index contributed by atoms with van der Waals surface area (Å²) in [6.45, 7) is 1.80. The van der Waals surface area contributed by atoms with Crippen LogP contribution in [0.1, 0.15) is 18.5 Å². The summed E-state index contributed by atoms with van der Waals surface area (Å²) >= 11 is 0.474. The Hall–Kier alpha value is -1.69. The molecule has 0 saturated heterocycles. The van der Waals surface area contributed by atoms with Gasteiger partial charge in [0.2, 0.25) is 0 Å². The summed E-state index contributed by atoms with van der Waals surface area (Å²) in [6, 6.07) is 9.96. The van der Waals surface area contributed by atoms with Gasteiger partial charge in [-0.25, -0.2) is 8.78 Å². The Balaban J connectivity index is 2.04. The zero-order valence-electron chi connectivity index (χ0n) is 11.1. The maximum atomic E-state index is 13.2. The molecule has 0 fully saturated rings. The molecule has 2 aromatic rings. The summed E-state index contributed by atoms with van der Waals surface area (Å²) in [7, 11) is 0. The van der Waals surface area contributed by atoms with Crippen LogP contribution in [-0.2, 0) is 0 Å². The van der Waals surface area contributed by atoms with E-state index in [0.717, 1.165) is 12.1 Å². The fourth-order valence-corrected chi connectivity index (χ4v) is 2.35. The molecule has 0 bridgehead atoms. The number of rotatable bonds is 5. The molecule has 0 aliphatic rings. The molecule has 1 nitrogen and oxygen atoms in total. The van der Waals surface area contributed by atoms with Crippen LogP contribution in [0.3, 0.4) is 0 Å². The van der Waals surface area contributed by atoms with Crippen molar-refractivity contribution in [3.05, 3.63) is 59.7 Å². The van der Waals surface area contributed by atoms with Gasteiger partial charge in [-0.05, 0) is 48.9 Å². The molecule has 21 heavy (non-hydrogen) atoms. The van der Waals surface area contributed by atoms with Crippen molar-refractivity contribution in [1.82, 2.24) is 0 Å². The fourth-order valence-electron chi connectivity index (χ4n) is 1.85. The minimum atomic E-state index is -2.45. The lowest BCUT2D eigenvalue weighted by Gasteiger charge is -2.16. The molecule has 1 atom stereocenters. The maximum Gasteiger partial charge on any atom is 0.288 e. The van der Waals surface area contributed by atoms with E-state index in [1.807, 2.05) is 0 Å². The van der Waals surface area contributed by atoms with Crippen molar-refractivity contribution in [1.29, 1.82) is 0 Å². The van der Waals surface area contributed by atoms with Crippen LogP contribution in [0.4, 0.5) is 23.2 Å². The fraction of sp³-hybridized carbons (Fsp3) is 0.200. The van der Waals surface area contributed by atoms with Crippen LogP contribution < -0.4 is 5.32 Å². The summed E-state index contributed by atoms with van der Waals surface area (Å²) in [6.07, 6.45) is 0. The average Bonchev–Trinajstić information content (AvgIpc) is 2.43. The zero-order chi connectivity index (χ0) is 15.4. The van der Waals surface area contributed by atoms with E-state index in [-0.39, 0.29) is 6.04 Å². The molecule has 1 unspecified atom stereocenters. The van der Waals surface area contributed by atoms with Gasteiger partial charge in [-0.15, -0.1) is 0 Å². The zero-order valence-corrected chi connectivity index (χ0v) is 11.9. The first-order valence-electron chi connectivity index (χ1n) is 6.22. The molecule has 112 valence electrons. The minimum Gasteiger partial charge on any atom is -0.379 e. The Morgan fingerprint density at radius 1 is 0.952 bits per heavy atom. The van der Waals surface area contributed by atoms with E-state index in [4.69, 9.17) is 0 Å². The van der Waals surface area contributed by atoms with Gasteiger partial charge in [-0.2, -0.15) is 8.78 Å². The Kier molecular flexibility index (Phi) is 5.12. The van der Waals surface area contributed by atoms with Crippen LogP contribution >= 0.6 is 11.8 Å². The number of alkyl halides is 2. The first-order chi connectivity index (χ1) is 9.95. The van der Waals surface area contributed by atoms with Crippen LogP contribution in [0.2, 0.25) is 0 Å². The van der Waals surface area contributed by atoms with Crippen LogP contribution in [0, 0.1) is 11.6 Å². The molecule has 0 aromatic heterocycles. The molecule has 0 aliphatic carbocycles. The standard InChI is InChI=1S/C15H13F4NS/c1-9(10-2-7-13(16)14(17)8-10)20-11-3-5-12(6-4-11)21-15(18)19/h2-9,15,20H,1H3. The molecule has 2 rings (SSSR count). The van der Waals surface area contributed by atoms with E-state index in [2.05, 4.69) is 5.32 Å². The lowest BCUT2D eigenvalue weighted by Crippen LogP contribution is -2.07. The number of benzene rings is 2. The first-order valence-corrected chi connectivity index (χ1v) is 7.10. The summed E-state index contributed by atoms with van der Waals surface area (Å²) < 4.78 is 50.5. The number of hydrogen-bond acceptors (Lipinski definition) is 2. The van der Waals surface area contributed by atoms with Gasteiger partial charge in [0, 0.05) is 16.6 Å². The second kappa shape index (κ2) is 6.85. The monoisotopic (exact) mass is 315 g/mol. The molecule has 0 spiro atoms. The number of hydrogen-bond donors (Lipinski definition) is 1. The predicted molar refractivity (Wildman–Crippen MR) is 76.7 cm³/mol. The second-order valence-electron chi connectivity index (χ2n) is 4.44. The van der Waals surface area contributed by atoms with Crippen molar-refractivity contribution in [2.45, 2.75) is 23.6 Å². The largest absolute Gasteiger partial charge is 0.379 e.